The average molecular weight is 313 g/mol. The topological polar surface area (TPSA) is 114 Å². The van der Waals surface area contributed by atoms with Crippen LogP contribution in [0.5, 0.6) is 0 Å². The molecule has 0 saturated carbocycles. The molecule has 8 nitrogen and oxygen atoms in total. The van der Waals surface area contributed by atoms with Crippen molar-refractivity contribution in [3.05, 3.63) is 51.3 Å². The zero-order valence-corrected chi connectivity index (χ0v) is 12.7. The zero-order chi connectivity index (χ0) is 17.0. The maximum Gasteiger partial charge on any atom is 0.270 e. The van der Waals surface area contributed by atoms with Crippen LogP contribution in [0.3, 0.4) is 0 Å². The molecule has 0 fully saturated rings. The molecule has 0 unspecified atom stereocenters. The maximum absolute atomic E-state index is 12.0. The number of anilines is 1. The van der Waals surface area contributed by atoms with E-state index in [1.807, 2.05) is 26.0 Å². The molecular formula is C15H15N5O3. The number of aryl methyl sites for hydroxylation is 3. The minimum atomic E-state index is -0.588. The second-order valence-corrected chi connectivity index (χ2v) is 5.05. The number of non-ortho nitro benzene ring substituents is 1. The number of nitrogens with one attached hydrogen (secondary N) is 1. The lowest BCUT2D eigenvalue weighted by Crippen LogP contribution is -2.16. The Kier molecular flexibility index (Phi) is 4.71. The highest BCUT2D eigenvalue weighted by Crippen LogP contribution is 2.21. The maximum atomic E-state index is 12.0. The molecule has 0 saturated heterocycles. The Morgan fingerprint density at radius 2 is 2.17 bits per heavy atom. The highest BCUT2D eigenvalue weighted by Gasteiger charge is 2.13. The first-order valence-electron chi connectivity index (χ1n) is 6.90. The van der Waals surface area contributed by atoms with Crippen LogP contribution in [0, 0.1) is 35.3 Å². The molecule has 1 aromatic carbocycles. The van der Waals surface area contributed by atoms with Crippen LogP contribution in [0.25, 0.3) is 0 Å². The summed E-state index contributed by atoms with van der Waals surface area (Å²) in [4.78, 5) is 22.1. The van der Waals surface area contributed by atoms with Gasteiger partial charge in [0.1, 0.15) is 6.07 Å². The number of amides is 1. The average Bonchev–Trinajstić information content (AvgIpc) is 2.83. The summed E-state index contributed by atoms with van der Waals surface area (Å²) in [5.41, 5.74) is 1.96. The summed E-state index contributed by atoms with van der Waals surface area (Å²) in [6.45, 7) is 4.20. The predicted molar refractivity (Wildman–Crippen MR) is 82.8 cm³/mol. The summed E-state index contributed by atoms with van der Waals surface area (Å²) in [5.74, 6) is -0.289. The SMILES string of the molecule is Cc1cc(C)n(CCC(=O)Nc2ccc([N+](=O)[O-])cc2C#N)n1. The molecule has 1 amide bonds. The van der Waals surface area contributed by atoms with Gasteiger partial charge < -0.3 is 5.32 Å². The van der Waals surface area contributed by atoms with E-state index in [0.29, 0.717) is 6.54 Å². The Bertz CT molecular complexity index is 804. The molecule has 0 aliphatic heterocycles. The molecule has 2 aromatic rings. The summed E-state index contributed by atoms with van der Waals surface area (Å²) in [6, 6.07) is 7.51. The minimum Gasteiger partial charge on any atom is -0.325 e. The number of nitrogens with zero attached hydrogens (tertiary/aromatic N) is 4. The van der Waals surface area contributed by atoms with Gasteiger partial charge in [-0.1, -0.05) is 0 Å². The number of hydrogen-bond acceptors (Lipinski definition) is 5. The van der Waals surface area contributed by atoms with Gasteiger partial charge >= 0.3 is 0 Å². The van der Waals surface area contributed by atoms with Crippen LogP contribution in [0.2, 0.25) is 0 Å². The first kappa shape index (κ1) is 16.2. The van der Waals surface area contributed by atoms with Crippen molar-refractivity contribution in [3.8, 4) is 6.07 Å². The summed E-state index contributed by atoms with van der Waals surface area (Å²) < 4.78 is 1.73. The number of hydrogen-bond donors (Lipinski definition) is 1. The monoisotopic (exact) mass is 313 g/mol. The van der Waals surface area contributed by atoms with E-state index in [0.717, 1.165) is 17.5 Å². The summed E-state index contributed by atoms with van der Waals surface area (Å²) >= 11 is 0. The van der Waals surface area contributed by atoms with Gasteiger partial charge in [-0.2, -0.15) is 10.4 Å². The molecule has 0 aliphatic carbocycles. The van der Waals surface area contributed by atoms with Gasteiger partial charge in [-0.25, -0.2) is 0 Å². The molecule has 1 heterocycles. The lowest BCUT2D eigenvalue weighted by Gasteiger charge is -2.08. The van der Waals surface area contributed by atoms with E-state index in [9.17, 15) is 14.9 Å². The van der Waals surface area contributed by atoms with Crippen molar-refractivity contribution in [2.24, 2.45) is 0 Å². The van der Waals surface area contributed by atoms with Crippen molar-refractivity contribution >= 4 is 17.3 Å². The molecule has 0 aliphatic rings. The molecule has 0 spiro atoms. The van der Waals surface area contributed by atoms with Crippen LogP contribution in [-0.4, -0.2) is 20.6 Å². The Morgan fingerprint density at radius 3 is 2.74 bits per heavy atom. The Balaban J connectivity index is 2.04. The second-order valence-electron chi connectivity index (χ2n) is 5.05. The van der Waals surface area contributed by atoms with Crippen molar-refractivity contribution < 1.29 is 9.72 Å². The van der Waals surface area contributed by atoms with Crippen molar-refractivity contribution in [3.63, 3.8) is 0 Å². The Morgan fingerprint density at radius 1 is 1.43 bits per heavy atom. The molecule has 118 valence electrons. The van der Waals surface area contributed by atoms with Crippen LogP contribution in [0.4, 0.5) is 11.4 Å². The first-order valence-corrected chi connectivity index (χ1v) is 6.90. The molecule has 0 bridgehead atoms. The first-order chi connectivity index (χ1) is 10.9. The van der Waals surface area contributed by atoms with E-state index in [4.69, 9.17) is 5.26 Å². The van der Waals surface area contributed by atoms with Crippen molar-refractivity contribution in [2.75, 3.05) is 5.32 Å². The smallest absolute Gasteiger partial charge is 0.270 e. The van der Waals surface area contributed by atoms with Gasteiger partial charge in [0.25, 0.3) is 5.69 Å². The van der Waals surface area contributed by atoms with Gasteiger partial charge in [0.15, 0.2) is 0 Å². The van der Waals surface area contributed by atoms with Gasteiger partial charge in [0.05, 0.1) is 21.9 Å². The molecule has 0 atom stereocenters. The lowest BCUT2D eigenvalue weighted by molar-refractivity contribution is -0.384. The normalized spacial score (nSPS) is 10.1. The van der Waals surface area contributed by atoms with E-state index in [-0.39, 0.29) is 29.3 Å². The number of carbonyl (C=O) groups excluding carboxylic acids is 1. The van der Waals surface area contributed by atoms with Crippen molar-refractivity contribution in [2.45, 2.75) is 26.8 Å². The number of rotatable bonds is 5. The minimum absolute atomic E-state index is 0.0543. The molecule has 0 radical (unpaired) electrons. The third-order valence-electron chi connectivity index (χ3n) is 3.26. The molecule has 23 heavy (non-hydrogen) atoms. The fourth-order valence-corrected chi connectivity index (χ4v) is 2.17. The van der Waals surface area contributed by atoms with Crippen LogP contribution in [-0.2, 0) is 11.3 Å². The molecule has 8 heteroatoms. The van der Waals surface area contributed by atoms with Crippen LogP contribution < -0.4 is 5.32 Å². The molecule has 2 rings (SSSR count). The second kappa shape index (κ2) is 6.70. The van der Waals surface area contributed by atoms with Crippen molar-refractivity contribution in [1.82, 2.24) is 9.78 Å². The highest BCUT2D eigenvalue weighted by molar-refractivity contribution is 5.92. The van der Waals surface area contributed by atoms with Gasteiger partial charge in [-0.3, -0.25) is 19.6 Å². The number of aromatic nitrogens is 2. The third-order valence-corrected chi connectivity index (χ3v) is 3.26. The summed E-state index contributed by atoms with van der Waals surface area (Å²) in [7, 11) is 0. The van der Waals surface area contributed by atoms with E-state index in [1.54, 1.807) is 4.68 Å². The highest BCUT2D eigenvalue weighted by atomic mass is 16.6. The van der Waals surface area contributed by atoms with Gasteiger partial charge in [-0.15, -0.1) is 0 Å². The zero-order valence-electron chi connectivity index (χ0n) is 12.7. The predicted octanol–water partition coefficient (Wildman–Crippen LogP) is 2.31. The molecular weight excluding hydrogens is 298 g/mol. The number of nitro groups is 1. The molecule has 1 N–H and O–H groups in total. The molecule has 1 aromatic heterocycles. The van der Waals surface area contributed by atoms with Crippen molar-refractivity contribution in [1.29, 1.82) is 5.26 Å². The van der Waals surface area contributed by atoms with E-state index >= 15 is 0 Å². The quantitative estimate of drug-likeness (QED) is 0.672. The summed E-state index contributed by atoms with van der Waals surface area (Å²) in [5, 5.41) is 26.6. The Labute approximate surface area is 132 Å². The summed E-state index contributed by atoms with van der Waals surface area (Å²) in [6.07, 6.45) is 0.184. The van der Waals surface area contributed by atoms with Gasteiger partial charge in [0.2, 0.25) is 5.91 Å². The number of nitro benzene ring substituents is 1. The third kappa shape index (κ3) is 3.91. The van der Waals surface area contributed by atoms with Gasteiger partial charge in [-0.05, 0) is 26.0 Å². The van der Waals surface area contributed by atoms with Crippen LogP contribution in [0.15, 0.2) is 24.3 Å². The number of carbonyl (C=O) groups is 1. The standard InChI is InChI=1S/C15H15N5O3/c1-10-7-11(2)19(18-10)6-5-15(21)17-14-4-3-13(20(22)23)8-12(14)9-16/h3-4,7-8H,5-6H2,1-2H3,(H,17,21). The fourth-order valence-electron chi connectivity index (χ4n) is 2.17. The van der Waals surface area contributed by atoms with Gasteiger partial charge in [0, 0.05) is 30.8 Å². The van der Waals surface area contributed by atoms with E-state index in [1.165, 1.54) is 12.1 Å². The number of nitriles is 1. The largest absolute Gasteiger partial charge is 0.325 e. The number of benzene rings is 1. The van der Waals surface area contributed by atoms with E-state index < -0.39 is 4.92 Å². The lowest BCUT2D eigenvalue weighted by atomic mass is 10.1. The van der Waals surface area contributed by atoms with Crippen LogP contribution in [0.1, 0.15) is 23.4 Å². The Hall–Kier alpha value is -3.21. The fraction of sp³-hybridized carbons (Fsp3) is 0.267. The van der Waals surface area contributed by atoms with Crippen LogP contribution >= 0.6 is 0 Å². The van der Waals surface area contributed by atoms with E-state index in [2.05, 4.69) is 10.4 Å².